The molecule has 15 heavy (non-hydrogen) atoms. The minimum absolute atomic E-state index is 0.353. The molecule has 0 aromatic carbocycles. The van der Waals surface area contributed by atoms with Crippen LogP contribution >= 0.6 is 15.9 Å². The van der Waals surface area contributed by atoms with Gasteiger partial charge in [-0.15, -0.1) is 0 Å². The van der Waals surface area contributed by atoms with Crippen LogP contribution in [0.5, 0.6) is 0 Å². The van der Waals surface area contributed by atoms with Crippen molar-refractivity contribution < 1.29 is 0 Å². The molecule has 0 fully saturated rings. The first-order valence-electron chi connectivity index (χ1n) is 5.68. The van der Waals surface area contributed by atoms with Crippen LogP contribution < -0.4 is 0 Å². The molecular formula is C12H23BrN2. The lowest BCUT2D eigenvalue weighted by molar-refractivity contribution is 0.152. The molecule has 0 aromatic rings. The highest BCUT2D eigenvalue weighted by Crippen LogP contribution is 2.30. The van der Waals surface area contributed by atoms with Crippen LogP contribution in [-0.2, 0) is 0 Å². The zero-order valence-corrected chi connectivity index (χ0v) is 12.0. The summed E-state index contributed by atoms with van der Waals surface area (Å²) in [7, 11) is 2.12. The van der Waals surface area contributed by atoms with E-state index in [1.54, 1.807) is 0 Å². The van der Waals surface area contributed by atoms with Gasteiger partial charge in [0.25, 0.3) is 0 Å². The second-order valence-electron chi connectivity index (χ2n) is 4.47. The molecule has 0 spiro atoms. The quantitative estimate of drug-likeness (QED) is 0.666. The molecule has 0 saturated heterocycles. The summed E-state index contributed by atoms with van der Waals surface area (Å²) in [6, 6.07) is 2.59. The number of hydrogen-bond acceptors (Lipinski definition) is 2. The standard InChI is InChI=1S/C12H23BrN2/c1-5-12(6-2,9-13)10-15(4)11(3)7-8-14/h11H,5-7,9-10H2,1-4H3. The minimum Gasteiger partial charge on any atom is -0.302 e. The Morgan fingerprint density at radius 2 is 1.93 bits per heavy atom. The van der Waals surface area contributed by atoms with Gasteiger partial charge in [0.05, 0.1) is 12.5 Å². The fourth-order valence-electron chi connectivity index (χ4n) is 1.68. The van der Waals surface area contributed by atoms with E-state index in [9.17, 15) is 0 Å². The Bertz CT molecular complexity index is 198. The fourth-order valence-corrected chi connectivity index (χ4v) is 2.65. The van der Waals surface area contributed by atoms with Crippen molar-refractivity contribution >= 4 is 15.9 Å². The average molecular weight is 275 g/mol. The van der Waals surface area contributed by atoms with E-state index in [2.05, 4.69) is 54.7 Å². The van der Waals surface area contributed by atoms with E-state index in [1.807, 2.05) is 0 Å². The van der Waals surface area contributed by atoms with Crippen molar-refractivity contribution in [1.29, 1.82) is 5.26 Å². The first-order chi connectivity index (χ1) is 7.05. The minimum atomic E-state index is 0.353. The smallest absolute Gasteiger partial charge is 0.0638 e. The summed E-state index contributed by atoms with van der Waals surface area (Å²) in [6.45, 7) is 7.67. The third-order valence-corrected chi connectivity index (χ3v) is 4.70. The number of halogens is 1. The number of hydrogen-bond donors (Lipinski definition) is 0. The first kappa shape index (κ1) is 14.9. The van der Waals surface area contributed by atoms with Crippen LogP contribution in [0.4, 0.5) is 0 Å². The van der Waals surface area contributed by atoms with E-state index in [0.29, 0.717) is 17.9 Å². The highest BCUT2D eigenvalue weighted by molar-refractivity contribution is 9.09. The summed E-state index contributed by atoms with van der Waals surface area (Å²) >= 11 is 3.62. The Kier molecular flexibility index (Phi) is 7.21. The van der Waals surface area contributed by atoms with Crippen molar-refractivity contribution in [2.75, 3.05) is 18.9 Å². The molecule has 3 heteroatoms. The number of nitrogens with zero attached hydrogens (tertiary/aromatic N) is 2. The third kappa shape index (κ3) is 4.53. The van der Waals surface area contributed by atoms with Crippen LogP contribution in [0.3, 0.4) is 0 Å². The van der Waals surface area contributed by atoms with Gasteiger partial charge in [0.15, 0.2) is 0 Å². The molecular weight excluding hydrogens is 252 g/mol. The van der Waals surface area contributed by atoms with Gasteiger partial charge in [0.1, 0.15) is 0 Å². The lowest BCUT2D eigenvalue weighted by Crippen LogP contribution is -2.40. The first-order valence-corrected chi connectivity index (χ1v) is 6.80. The molecule has 0 aliphatic carbocycles. The van der Waals surface area contributed by atoms with Crippen LogP contribution in [0.15, 0.2) is 0 Å². The van der Waals surface area contributed by atoms with Crippen LogP contribution in [0.25, 0.3) is 0 Å². The van der Waals surface area contributed by atoms with Gasteiger partial charge in [-0.25, -0.2) is 0 Å². The molecule has 0 amide bonds. The van der Waals surface area contributed by atoms with Gasteiger partial charge in [-0.1, -0.05) is 29.8 Å². The average Bonchev–Trinajstić information content (AvgIpc) is 2.26. The summed E-state index contributed by atoms with van der Waals surface area (Å²) in [6.07, 6.45) is 2.97. The summed E-state index contributed by atoms with van der Waals surface area (Å²) < 4.78 is 0. The second kappa shape index (κ2) is 7.24. The Balaban J connectivity index is 4.35. The molecule has 1 atom stereocenters. The van der Waals surface area contributed by atoms with Crippen molar-refractivity contribution in [3.8, 4) is 6.07 Å². The molecule has 0 aromatic heterocycles. The van der Waals surface area contributed by atoms with E-state index in [4.69, 9.17) is 5.26 Å². The topological polar surface area (TPSA) is 27.0 Å². The molecule has 2 nitrogen and oxygen atoms in total. The molecule has 1 unspecified atom stereocenters. The highest BCUT2D eigenvalue weighted by atomic mass is 79.9. The van der Waals surface area contributed by atoms with Crippen molar-refractivity contribution in [1.82, 2.24) is 4.90 Å². The highest BCUT2D eigenvalue weighted by Gasteiger charge is 2.27. The van der Waals surface area contributed by atoms with Gasteiger partial charge in [0.2, 0.25) is 0 Å². The van der Waals surface area contributed by atoms with Gasteiger partial charge < -0.3 is 4.90 Å². The molecule has 0 saturated carbocycles. The summed E-state index contributed by atoms with van der Waals surface area (Å²) in [4.78, 5) is 2.30. The molecule has 0 aliphatic heterocycles. The Hall–Kier alpha value is -0.0700. The Labute approximate surface area is 103 Å². The van der Waals surface area contributed by atoms with Crippen molar-refractivity contribution in [2.45, 2.75) is 46.1 Å². The Morgan fingerprint density at radius 3 is 2.27 bits per heavy atom. The maximum absolute atomic E-state index is 8.67. The van der Waals surface area contributed by atoms with Crippen molar-refractivity contribution in [3.05, 3.63) is 0 Å². The van der Waals surface area contributed by atoms with Crippen molar-refractivity contribution in [3.63, 3.8) is 0 Å². The number of rotatable bonds is 7. The van der Waals surface area contributed by atoms with Crippen LogP contribution in [0.1, 0.15) is 40.0 Å². The van der Waals surface area contributed by atoms with Crippen molar-refractivity contribution in [2.24, 2.45) is 5.41 Å². The number of alkyl halides is 1. The zero-order valence-electron chi connectivity index (χ0n) is 10.4. The van der Waals surface area contributed by atoms with E-state index in [1.165, 1.54) is 12.8 Å². The molecule has 88 valence electrons. The molecule has 0 N–H and O–H groups in total. The predicted octanol–water partition coefficient (Wildman–Crippen LogP) is 3.42. The van der Waals surface area contributed by atoms with Gasteiger partial charge in [0, 0.05) is 17.9 Å². The molecule has 0 bridgehead atoms. The molecule has 0 rings (SSSR count). The van der Waals surface area contributed by atoms with E-state index >= 15 is 0 Å². The van der Waals surface area contributed by atoms with Gasteiger partial charge >= 0.3 is 0 Å². The predicted molar refractivity (Wildman–Crippen MR) is 69.1 cm³/mol. The van der Waals surface area contributed by atoms with E-state index in [0.717, 1.165) is 11.9 Å². The lowest BCUT2D eigenvalue weighted by Gasteiger charge is -2.36. The normalized spacial score (nSPS) is 13.9. The van der Waals surface area contributed by atoms with Crippen LogP contribution in [0, 0.1) is 16.7 Å². The SMILES string of the molecule is CCC(CC)(CBr)CN(C)C(C)CC#N. The molecule has 0 heterocycles. The largest absolute Gasteiger partial charge is 0.302 e. The summed E-state index contributed by atoms with van der Waals surface area (Å²) in [5, 5.41) is 9.71. The van der Waals surface area contributed by atoms with Gasteiger partial charge in [-0.05, 0) is 32.2 Å². The monoisotopic (exact) mass is 274 g/mol. The second-order valence-corrected chi connectivity index (χ2v) is 5.03. The van der Waals surface area contributed by atoms with Crippen LogP contribution in [-0.4, -0.2) is 29.9 Å². The maximum atomic E-state index is 8.67. The van der Waals surface area contributed by atoms with E-state index in [-0.39, 0.29) is 0 Å². The lowest BCUT2D eigenvalue weighted by atomic mass is 9.84. The fraction of sp³-hybridized carbons (Fsp3) is 0.917. The maximum Gasteiger partial charge on any atom is 0.0638 e. The van der Waals surface area contributed by atoms with Gasteiger partial charge in [-0.2, -0.15) is 5.26 Å². The van der Waals surface area contributed by atoms with Crippen LogP contribution in [0.2, 0.25) is 0 Å². The molecule has 0 aliphatic rings. The number of nitriles is 1. The van der Waals surface area contributed by atoms with Gasteiger partial charge in [-0.3, -0.25) is 0 Å². The Morgan fingerprint density at radius 1 is 1.40 bits per heavy atom. The summed E-state index contributed by atoms with van der Waals surface area (Å²) in [5.41, 5.74) is 0.360. The third-order valence-electron chi connectivity index (χ3n) is 3.51. The zero-order chi connectivity index (χ0) is 11.9. The summed E-state index contributed by atoms with van der Waals surface area (Å²) in [5.74, 6) is 0. The van der Waals surface area contributed by atoms with E-state index < -0.39 is 0 Å². The molecule has 0 radical (unpaired) electrons.